The number of hydrogen-bond donors (Lipinski definition) is 2. The van der Waals surface area contributed by atoms with Crippen LogP contribution in [0.5, 0.6) is 0 Å². The van der Waals surface area contributed by atoms with E-state index in [1.54, 1.807) is 0 Å². The van der Waals surface area contributed by atoms with E-state index >= 15 is 0 Å². The summed E-state index contributed by atoms with van der Waals surface area (Å²) in [5, 5.41) is 13.8. The van der Waals surface area contributed by atoms with Crippen molar-refractivity contribution in [2.24, 2.45) is 26.8 Å². The van der Waals surface area contributed by atoms with Crippen molar-refractivity contribution in [3.05, 3.63) is 92.0 Å². The zero-order valence-electron chi connectivity index (χ0n) is 24.3. The number of nitrogens with zero attached hydrogens (tertiary/aromatic N) is 3. The third-order valence-electron chi connectivity index (χ3n) is 9.10. The van der Waals surface area contributed by atoms with Crippen LogP contribution >= 0.6 is 0 Å². The summed E-state index contributed by atoms with van der Waals surface area (Å²) in [5.74, 6) is -0.170. The van der Waals surface area contributed by atoms with Crippen molar-refractivity contribution in [2.45, 2.75) is 60.3 Å². The lowest BCUT2D eigenvalue weighted by molar-refractivity contribution is -0.140. The lowest BCUT2D eigenvalue weighted by Crippen LogP contribution is -2.15. The van der Waals surface area contributed by atoms with Crippen LogP contribution in [-0.2, 0) is 14.3 Å². The van der Waals surface area contributed by atoms with Gasteiger partial charge < -0.3 is 15.2 Å². The van der Waals surface area contributed by atoms with Crippen molar-refractivity contribution >= 4 is 28.9 Å². The molecule has 0 aromatic heterocycles. The van der Waals surface area contributed by atoms with Crippen LogP contribution in [0.2, 0.25) is 0 Å². The average molecular weight is 551 g/mol. The molecule has 6 rings (SSSR count). The number of aliphatic hydroxyl groups excluding tert-OH is 1. The number of allylic oxidation sites excluding steroid dienone is 12. The highest BCUT2D eigenvalue weighted by molar-refractivity contribution is 6.38. The fraction of sp³-hybridized carbons (Fsp3) is 0.364. The van der Waals surface area contributed by atoms with E-state index in [2.05, 4.69) is 32.2 Å². The molecule has 8 bridgehead atoms. The Hall–Kier alpha value is -4.33. The maximum atomic E-state index is 13.4. The Morgan fingerprint density at radius 2 is 1.85 bits per heavy atom. The van der Waals surface area contributed by atoms with E-state index in [1.807, 2.05) is 26.0 Å². The highest BCUT2D eigenvalue weighted by atomic mass is 16.5. The molecule has 5 heterocycles. The lowest BCUT2D eigenvalue weighted by atomic mass is 9.86. The first-order chi connectivity index (χ1) is 19.7. The number of hydrogen-bond acceptors (Lipinski definition) is 8. The SMILES string of the molecule is CCC1=C(C)C2=NC1=CC1=C(C)/C(=C\O)C(=N1)C=C1N=C3C(=C4NC(=C2)[C@@H](C)[C@@H]4CCC(=O)OC)CC(=O)C3=C1C. The summed E-state index contributed by atoms with van der Waals surface area (Å²) in [6.45, 7) is 10.2. The Morgan fingerprint density at radius 1 is 1.07 bits per heavy atom. The molecule has 41 heavy (non-hydrogen) atoms. The Morgan fingerprint density at radius 3 is 2.56 bits per heavy atom. The Balaban J connectivity index is 1.60. The number of methoxy groups -OCH3 is 1. The number of fused-ring (bicyclic) bond motifs is 5. The monoisotopic (exact) mass is 550 g/mol. The second kappa shape index (κ2) is 9.94. The number of carbonyl (C=O) groups is 2. The summed E-state index contributed by atoms with van der Waals surface area (Å²) in [6, 6.07) is 0. The van der Waals surface area contributed by atoms with E-state index in [0.717, 1.165) is 69.0 Å². The molecule has 1 saturated carbocycles. The van der Waals surface area contributed by atoms with E-state index in [9.17, 15) is 14.7 Å². The van der Waals surface area contributed by atoms with E-state index in [-0.39, 0.29) is 36.4 Å². The van der Waals surface area contributed by atoms with E-state index in [1.165, 1.54) is 7.11 Å². The predicted molar refractivity (Wildman–Crippen MR) is 159 cm³/mol. The fourth-order valence-corrected chi connectivity index (χ4v) is 6.64. The molecule has 0 aromatic carbocycles. The van der Waals surface area contributed by atoms with Crippen LogP contribution in [0, 0.1) is 11.8 Å². The number of ether oxygens (including phenoxy) is 1. The van der Waals surface area contributed by atoms with Crippen molar-refractivity contribution in [1.82, 2.24) is 5.32 Å². The molecule has 8 nitrogen and oxygen atoms in total. The number of aliphatic imine (C=N–C) groups is 3. The summed E-state index contributed by atoms with van der Waals surface area (Å²) in [5.41, 5.74) is 12.4. The standard InChI is InChI=1S/C33H34N4O4/c1-7-19-15(2)23-11-25-16(3)20(8-9-30(40)41-6)32(36-25)21-10-29(39)31-18(5)26(37-33(21)31)13-28-22(14-38)17(4)24(35-28)12-27(19)34-23/h11-14,16,20,36,38H,7-10H2,1-6H3/b22-14+,25-11?,26-13?,27-12?,32-21?/t16-,20-/m0/s1. The van der Waals surface area contributed by atoms with Gasteiger partial charge in [0, 0.05) is 52.8 Å². The van der Waals surface area contributed by atoms with Gasteiger partial charge in [-0.2, -0.15) is 0 Å². The van der Waals surface area contributed by atoms with Crippen molar-refractivity contribution in [1.29, 1.82) is 0 Å². The molecule has 0 radical (unpaired) electrons. The van der Waals surface area contributed by atoms with Crippen molar-refractivity contribution in [2.75, 3.05) is 7.11 Å². The number of rotatable bonds is 4. The van der Waals surface area contributed by atoms with Crippen molar-refractivity contribution in [3.63, 3.8) is 0 Å². The first kappa shape index (κ1) is 26.9. The Kier molecular flexibility index (Phi) is 6.52. The Bertz CT molecular complexity index is 1680. The summed E-state index contributed by atoms with van der Waals surface area (Å²) in [4.78, 5) is 40.4. The van der Waals surface area contributed by atoms with Gasteiger partial charge in [0.25, 0.3) is 0 Å². The van der Waals surface area contributed by atoms with Gasteiger partial charge in [0.1, 0.15) is 0 Å². The van der Waals surface area contributed by atoms with Crippen LogP contribution in [0.4, 0.5) is 0 Å². The summed E-state index contributed by atoms with van der Waals surface area (Å²) < 4.78 is 4.95. The molecule has 1 aliphatic carbocycles. The van der Waals surface area contributed by atoms with Gasteiger partial charge in [0.05, 0.1) is 47.6 Å². The highest BCUT2D eigenvalue weighted by Gasteiger charge is 2.43. The molecular weight excluding hydrogens is 516 g/mol. The van der Waals surface area contributed by atoms with Gasteiger partial charge in [-0.25, -0.2) is 15.0 Å². The molecule has 210 valence electrons. The zero-order valence-corrected chi connectivity index (χ0v) is 24.3. The lowest BCUT2D eigenvalue weighted by Gasteiger charge is -2.17. The van der Waals surface area contributed by atoms with Crippen LogP contribution in [0.15, 0.2) is 107 Å². The molecular formula is C33H34N4O4. The van der Waals surface area contributed by atoms with E-state index in [4.69, 9.17) is 19.7 Å². The Labute approximate surface area is 239 Å². The van der Waals surface area contributed by atoms with Gasteiger partial charge in [0.15, 0.2) is 5.78 Å². The molecule has 5 aliphatic heterocycles. The molecule has 0 amide bonds. The molecule has 0 aromatic rings. The summed E-state index contributed by atoms with van der Waals surface area (Å²) in [7, 11) is 1.41. The number of aliphatic hydroxyl groups is 1. The van der Waals surface area contributed by atoms with Crippen LogP contribution in [0.25, 0.3) is 0 Å². The van der Waals surface area contributed by atoms with E-state index < -0.39 is 0 Å². The second-order valence-corrected chi connectivity index (χ2v) is 11.3. The summed E-state index contributed by atoms with van der Waals surface area (Å²) in [6.07, 6.45) is 8.96. The van der Waals surface area contributed by atoms with Crippen LogP contribution < -0.4 is 5.32 Å². The molecule has 8 heteroatoms. The maximum absolute atomic E-state index is 13.4. The smallest absolute Gasteiger partial charge is 0.305 e. The third kappa shape index (κ3) is 4.15. The van der Waals surface area contributed by atoms with Crippen LogP contribution in [0.3, 0.4) is 0 Å². The van der Waals surface area contributed by atoms with Gasteiger partial charge in [-0.3, -0.25) is 9.59 Å². The van der Waals surface area contributed by atoms with Gasteiger partial charge in [0.2, 0.25) is 0 Å². The summed E-state index contributed by atoms with van der Waals surface area (Å²) >= 11 is 0. The maximum Gasteiger partial charge on any atom is 0.305 e. The minimum atomic E-state index is -0.255. The van der Waals surface area contributed by atoms with Crippen LogP contribution in [-0.4, -0.2) is 41.1 Å². The topological polar surface area (TPSA) is 113 Å². The first-order valence-electron chi connectivity index (χ1n) is 14.2. The number of nitrogens with one attached hydrogen (secondary N) is 1. The van der Waals surface area contributed by atoms with E-state index in [0.29, 0.717) is 34.7 Å². The normalized spacial score (nSPS) is 26.0. The van der Waals surface area contributed by atoms with Gasteiger partial charge in [-0.05, 0) is 74.1 Å². The van der Waals surface area contributed by atoms with Gasteiger partial charge in [-0.1, -0.05) is 13.8 Å². The quantitative estimate of drug-likeness (QED) is 0.339. The van der Waals surface area contributed by atoms with Gasteiger partial charge in [-0.15, -0.1) is 0 Å². The molecule has 0 unspecified atom stereocenters. The number of carbonyl (C=O) groups excluding carboxylic acids is 2. The van der Waals surface area contributed by atoms with Crippen molar-refractivity contribution < 1.29 is 19.4 Å². The number of esters is 1. The van der Waals surface area contributed by atoms with Crippen molar-refractivity contribution in [3.8, 4) is 0 Å². The van der Waals surface area contributed by atoms with Crippen LogP contribution in [0.1, 0.15) is 60.3 Å². The molecule has 1 saturated heterocycles. The molecule has 2 atom stereocenters. The predicted octanol–water partition coefficient (Wildman–Crippen LogP) is 5.81. The number of Topliss-reactive ketones (excluding diaryl/α,β-unsaturated/α-hetero) is 1. The molecule has 6 aliphatic rings. The average Bonchev–Trinajstić information content (AvgIpc) is 3.70. The molecule has 2 fully saturated rings. The molecule has 2 N–H and O–H groups in total. The highest BCUT2D eigenvalue weighted by Crippen LogP contribution is 2.45. The fourth-order valence-electron chi connectivity index (χ4n) is 6.64. The zero-order chi connectivity index (χ0) is 29.2. The number of ketones is 1. The largest absolute Gasteiger partial charge is 0.515 e. The first-order valence-corrected chi connectivity index (χ1v) is 14.2. The minimum Gasteiger partial charge on any atom is -0.515 e. The minimum absolute atomic E-state index is 0.0155. The molecule has 0 spiro atoms. The second-order valence-electron chi connectivity index (χ2n) is 11.3. The van der Waals surface area contributed by atoms with Gasteiger partial charge >= 0.3 is 5.97 Å². The third-order valence-corrected chi connectivity index (χ3v) is 9.10.